The summed E-state index contributed by atoms with van der Waals surface area (Å²) in [6.45, 7) is 0.770. The van der Waals surface area contributed by atoms with E-state index in [-0.39, 0.29) is 23.3 Å². The zero-order valence-corrected chi connectivity index (χ0v) is 13.7. The van der Waals surface area contributed by atoms with Crippen LogP contribution in [-0.4, -0.2) is 14.9 Å². The van der Waals surface area contributed by atoms with Gasteiger partial charge >= 0.3 is 5.69 Å². The van der Waals surface area contributed by atoms with Crippen molar-refractivity contribution in [3.8, 4) is 0 Å². The Morgan fingerprint density at radius 3 is 2.31 bits per heavy atom. The van der Waals surface area contributed by atoms with Gasteiger partial charge in [-0.2, -0.15) is 4.98 Å². The molecular weight excluding hydrogens is 337 g/mol. The number of benzene rings is 2. The van der Waals surface area contributed by atoms with Crippen molar-refractivity contribution in [1.82, 2.24) is 9.97 Å². The highest BCUT2D eigenvalue weighted by Crippen LogP contribution is 2.23. The van der Waals surface area contributed by atoms with Gasteiger partial charge in [-0.3, -0.25) is 10.1 Å². The number of aromatic nitrogens is 2. The number of nitro groups is 1. The fourth-order valence-electron chi connectivity index (χ4n) is 2.29. The fourth-order valence-corrected chi connectivity index (χ4v) is 2.29. The minimum atomic E-state index is -0.531. The summed E-state index contributed by atoms with van der Waals surface area (Å²) in [5.41, 5.74) is 1.61. The van der Waals surface area contributed by atoms with E-state index in [2.05, 4.69) is 20.6 Å². The molecule has 0 saturated heterocycles. The van der Waals surface area contributed by atoms with Crippen molar-refractivity contribution < 1.29 is 9.31 Å². The SMILES string of the molecule is O=[N+]([O-])c1cnc(NCc2ccc(F)cc2)nc1NCc1ccccc1. The van der Waals surface area contributed by atoms with Crippen LogP contribution >= 0.6 is 0 Å². The van der Waals surface area contributed by atoms with Crippen LogP contribution in [0, 0.1) is 15.9 Å². The molecule has 2 N–H and O–H groups in total. The number of halogens is 1. The van der Waals surface area contributed by atoms with Crippen molar-refractivity contribution in [1.29, 1.82) is 0 Å². The van der Waals surface area contributed by atoms with E-state index in [1.807, 2.05) is 30.3 Å². The van der Waals surface area contributed by atoms with Crippen molar-refractivity contribution in [2.75, 3.05) is 10.6 Å². The van der Waals surface area contributed by atoms with E-state index in [9.17, 15) is 14.5 Å². The Bertz CT molecular complexity index is 888. The summed E-state index contributed by atoms with van der Waals surface area (Å²) in [6.07, 6.45) is 1.16. The van der Waals surface area contributed by atoms with Crippen molar-refractivity contribution in [2.45, 2.75) is 13.1 Å². The van der Waals surface area contributed by atoms with Crippen LogP contribution in [0.1, 0.15) is 11.1 Å². The summed E-state index contributed by atoms with van der Waals surface area (Å²) in [7, 11) is 0. The Morgan fingerprint density at radius 1 is 0.962 bits per heavy atom. The molecule has 0 radical (unpaired) electrons. The normalized spacial score (nSPS) is 10.3. The van der Waals surface area contributed by atoms with Crippen molar-refractivity contribution in [2.24, 2.45) is 0 Å². The van der Waals surface area contributed by atoms with Crippen LogP contribution in [0.2, 0.25) is 0 Å². The molecule has 0 fully saturated rings. The van der Waals surface area contributed by atoms with Crippen LogP contribution in [-0.2, 0) is 13.1 Å². The van der Waals surface area contributed by atoms with Gasteiger partial charge < -0.3 is 10.6 Å². The summed E-state index contributed by atoms with van der Waals surface area (Å²) < 4.78 is 12.9. The predicted molar refractivity (Wildman–Crippen MR) is 96.2 cm³/mol. The van der Waals surface area contributed by atoms with E-state index < -0.39 is 4.92 Å². The van der Waals surface area contributed by atoms with Gasteiger partial charge in [0.15, 0.2) is 0 Å². The summed E-state index contributed by atoms with van der Waals surface area (Å²) >= 11 is 0. The van der Waals surface area contributed by atoms with E-state index in [1.54, 1.807) is 12.1 Å². The lowest BCUT2D eigenvalue weighted by atomic mass is 10.2. The van der Waals surface area contributed by atoms with Gasteiger partial charge in [-0.05, 0) is 23.3 Å². The fraction of sp³-hybridized carbons (Fsp3) is 0.111. The molecule has 8 heteroatoms. The van der Waals surface area contributed by atoms with Gasteiger partial charge in [-0.25, -0.2) is 9.37 Å². The highest BCUT2D eigenvalue weighted by Gasteiger charge is 2.17. The Hall–Kier alpha value is -3.55. The summed E-state index contributed by atoms with van der Waals surface area (Å²) in [5.74, 6) is 0.0682. The average molecular weight is 353 g/mol. The van der Waals surface area contributed by atoms with Crippen molar-refractivity contribution >= 4 is 17.5 Å². The second-order valence-corrected chi connectivity index (χ2v) is 5.50. The molecule has 0 amide bonds. The third-order valence-electron chi connectivity index (χ3n) is 3.63. The minimum Gasteiger partial charge on any atom is -0.360 e. The minimum absolute atomic E-state index is 0.135. The lowest BCUT2D eigenvalue weighted by molar-refractivity contribution is -0.384. The van der Waals surface area contributed by atoms with Crippen LogP contribution < -0.4 is 10.6 Å². The molecule has 0 atom stereocenters. The number of anilines is 2. The van der Waals surface area contributed by atoms with Gasteiger partial charge in [0.1, 0.15) is 12.0 Å². The molecule has 2 aromatic carbocycles. The summed E-state index contributed by atoms with van der Waals surface area (Å²) in [6, 6.07) is 15.5. The topological polar surface area (TPSA) is 93.0 Å². The monoisotopic (exact) mass is 353 g/mol. The van der Waals surface area contributed by atoms with Crippen LogP contribution in [0.4, 0.5) is 21.8 Å². The maximum absolute atomic E-state index is 12.9. The molecule has 7 nitrogen and oxygen atoms in total. The Balaban J connectivity index is 1.72. The smallest absolute Gasteiger partial charge is 0.329 e. The maximum Gasteiger partial charge on any atom is 0.329 e. The molecule has 3 aromatic rings. The summed E-state index contributed by atoms with van der Waals surface area (Å²) in [5, 5.41) is 17.1. The van der Waals surface area contributed by atoms with Crippen molar-refractivity contribution in [3.63, 3.8) is 0 Å². The Kier molecular flexibility index (Phi) is 5.33. The molecule has 1 heterocycles. The van der Waals surface area contributed by atoms with E-state index in [0.717, 1.165) is 17.3 Å². The van der Waals surface area contributed by atoms with Crippen LogP contribution in [0.5, 0.6) is 0 Å². The zero-order valence-electron chi connectivity index (χ0n) is 13.7. The zero-order chi connectivity index (χ0) is 18.4. The third-order valence-corrected chi connectivity index (χ3v) is 3.63. The number of hydrogen-bond acceptors (Lipinski definition) is 6. The largest absolute Gasteiger partial charge is 0.360 e. The first-order valence-corrected chi connectivity index (χ1v) is 7.89. The molecular formula is C18H16FN5O2. The highest BCUT2D eigenvalue weighted by atomic mass is 19.1. The van der Waals surface area contributed by atoms with Crippen LogP contribution in [0.3, 0.4) is 0 Å². The predicted octanol–water partition coefficient (Wildman–Crippen LogP) is 3.75. The molecule has 3 rings (SSSR count). The van der Waals surface area contributed by atoms with Gasteiger partial charge in [0.05, 0.1) is 4.92 Å². The van der Waals surface area contributed by atoms with Gasteiger partial charge in [-0.15, -0.1) is 0 Å². The number of nitrogens with one attached hydrogen (secondary N) is 2. The van der Waals surface area contributed by atoms with Crippen LogP contribution in [0.25, 0.3) is 0 Å². The molecule has 132 valence electrons. The molecule has 0 aliphatic heterocycles. The molecule has 1 aromatic heterocycles. The quantitative estimate of drug-likeness (QED) is 0.496. The second kappa shape index (κ2) is 8.02. The average Bonchev–Trinajstić information content (AvgIpc) is 2.66. The molecule has 0 saturated carbocycles. The van der Waals surface area contributed by atoms with E-state index >= 15 is 0 Å². The molecule has 0 aliphatic carbocycles. The first-order valence-electron chi connectivity index (χ1n) is 7.89. The van der Waals surface area contributed by atoms with Gasteiger partial charge in [0, 0.05) is 13.1 Å². The van der Waals surface area contributed by atoms with E-state index in [4.69, 9.17) is 0 Å². The van der Waals surface area contributed by atoms with Gasteiger partial charge in [0.25, 0.3) is 0 Å². The van der Waals surface area contributed by atoms with Crippen LogP contribution in [0.15, 0.2) is 60.8 Å². The highest BCUT2D eigenvalue weighted by molar-refractivity contribution is 5.57. The lowest BCUT2D eigenvalue weighted by Gasteiger charge is -2.09. The Morgan fingerprint density at radius 2 is 1.62 bits per heavy atom. The first kappa shape index (κ1) is 17.3. The number of hydrogen-bond donors (Lipinski definition) is 2. The molecule has 0 aliphatic rings. The maximum atomic E-state index is 12.9. The number of rotatable bonds is 7. The van der Waals surface area contributed by atoms with Gasteiger partial charge in [-0.1, -0.05) is 42.5 Å². The van der Waals surface area contributed by atoms with Gasteiger partial charge in [0.2, 0.25) is 11.8 Å². The molecule has 26 heavy (non-hydrogen) atoms. The molecule has 0 spiro atoms. The molecule has 0 unspecified atom stereocenters. The Labute approximate surface area is 149 Å². The number of nitrogens with zero attached hydrogens (tertiary/aromatic N) is 3. The van der Waals surface area contributed by atoms with E-state index in [1.165, 1.54) is 12.1 Å². The standard InChI is InChI=1S/C18H16FN5O2/c19-15-8-6-14(7-9-15)11-21-18-22-12-16(24(25)26)17(23-18)20-10-13-4-2-1-3-5-13/h1-9,12H,10-11H2,(H2,20,21,22,23). The van der Waals surface area contributed by atoms with E-state index in [0.29, 0.717) is 13.1 Å². The third kappa shape index (κ3) is 4.50. The lowest BCUT2D eigenvalue weighted by Crippen LogP contribution is -2.09. The summed E-state index contributed by atoms with van der Waals surface area (Å²) in [4.78, 5) is 18.8. The second-order valence-electron chi connectivity index (χ2n) is 5.50. The first-order chi connectivity index (χ1) is 12.6. The molecule has 0 bridgehead atoms. The van der Waals surface area contributed by atoms with Crippen molar-refractivity contribution in [3.05, 3.63) is 87.9 Å².